The molecule has 2 aliphatic rings. The lowest BCUT2D eigenvalue weighted by Gasteiger charge is -2.38. The van der Waals surface area contributed by atoms with Gasteiger partial charge >= 0.3 is 0 Å². The summed E-state index contributed by atoms with van der Waals surface area (Å²) in [5.41, 5.74) is 1.04. The van der Waals surface area contributed by atoms with Gasteiger partial charge in [0.1, 0.15) is 6.54 Å². The SMILES string of the molecule is CCNC(=NCC(=O)N1CCCC1)NCC1(c2ccccc2Cl)CCOCC1.I. The highest BCUT2D eigenvalue weighted by molar-refractivity contribution is 14.0. The standard InChI is InChI=1S/C21H31ClN4O2.HI/c1-2-23-20(24-15-19(27)26-11-5-6-12-26)25-16-21(9-13-28-14-10-21)17-7-3-4-8-18(17)22;/h3-4,7-8H,2,5-6,9-16H2,1H3,(H2,23,24,25);1H. The van der Waals surface area contributed by atoms with E-state index >= 15 is 0 Å². The molecule has 0 bridgehead atoms. The lowest BCUT2D eigenvalue weighted by Crippen LogP contribution is -2.48. The summed E-state index contributed by atoms with van der Waals surface area (Å²) in [4.78, 5) is 18.7. The second-order valence-corrected chi connectivity index (χ2v) is 7.92. The van der Waals surface area contributed by atoms with Crippen LogP contribution in [-0.2, 0) is 14.9 Å². The van der Waals surface area contributed by atoms with Crippen molar-refractivity contribution in [1.29, 1.82) is 0 Å². The summed E-state index contributed by atoms with van der Waals surface area (Å²) in [5, 5.41) is 7.50. The second-order valence-electron chi connectivity index (χ2n) is 7.51. The average Bonchev–Trinajstić information content (AvgIpc) is 3.26. The molecule has 2 aliphatic heterocycles. The number of ether oxygens (including phenoxy) is 1. The predicted molar refractivity (Wildman–Crippen MR) is 128 cm³/mol. The van der Waals surface area contributed by atoms with E-state index in [-0.39, 0.29) is 41.8 Å². The summed E-state index contributed by atoms with van der Waals surface area (Å²) in [7, 11) is 0. The van der Waals surface area contributed by atoms with Crippen molar-refractivity contribution in [2.75, 3.05) is 45.9 Å². The Kier molecular flexibility index (Phi) is 9.98. The molecule has 1 aromatic carbocycles. The lowest BCUT2D eigenvalue weighted by molar-refractivity contribution is -0.128. The zero-order valence-corrected chi connectivity index (χ0v) is 20.2. The Hall–Kier alpha value is -1.06. The molecular formula is C21H32ClIN4O2. The Labute approximate surface area is 195 Å². The number of likely N-dealkylation sites (tertiary alicyclic amines) is 1. The van der Waals surface area contributed by atoms with E-state index < -0.39 is 0 Å². The van der Waals surface area contributed by atoms with Gasteiger partial charge in [-0.05, 0) is 44.2 Å². The Morgan fingerprint density at radius 2 is 1.90 bits per heavy atom. The lowest BCUT2D eigenvalue weighted by atomic mass is 9.74. The summed E-state index contributed by atoms with van der Waals surface area (Å²) in [6.07, 6.45) is 3.98. The summed E-state index contributed by atoms with van der Waals surface area (Å²) >= 11 is 6.53. The number of hydrogen-bond acceptors (Lipinski definition) is 3. The van der Waals surface area contributed by atoms with Gasteiger partial charge in [0.25, 0.3) is 0 Å². The molecule has 2 N–H and O–H groups in total. The quantitative estimate of drug-likeness (QED) is 0.334. The summed E-state index contributed by atoms with van der Waals surface area (Å²) in [5.74, 6) is 0.773. The smallest absolute Gasteiger partial charge is 0.244 e. The molecule has 0 spiro atoms. The molecule has 2 heterocycles. The summed E-state index contributed by atoms with van der Waals surface area (Å²) < 4.78 is 5.61. The first kappa shape index (κ1) is 24.2. The fraction of sp³-hybridized carbons (Fsp3) is 0.619. The number of amides is 1. The van der Waals surface area contributed by atoms with Crippen LogP contribution in [-0.4, -0.2) is 62.7 Å². The first-order valence-electron chi connectivity index (χ1n) is 10.3. The van der Waals surface area contributed by atoms with Crippen molar-refractivity contribution >= 4 is 47.4 Å². The van der Waals surface area contributed by atoms with Crippen molar-refractivity contribution in [3.8, 4) is 0 Å². The molecule has 6 nitrogen and oxygen atoms in total. The summed E-state index contributed by atoms with van der Waals surface area (Å²) in [6.45, 7) is 6.79. The van der Waals surface area contributed by atoms with Crippen LogP contribution in [0, 0.1) is 0 Å². The number of aliphatic imine (C=N–C) groups is 1. The van der Waals surface area contributed by atoms with E-state index in [2.05, 4.69) is 21.7 Å². The Bertz CT molecular complexity index is 689. The van der Waals surface area contributed by atoms with Gasteiger partial charge in [0.2, 0.25) is 5.91 Å². The first-order chi connectivity index (χ1) is 13.6. The maximum Gasteiger partial charge on any atom is 0.244 e. The highest BCUT2D eigenvalue weighted by atomic mass is 127. The van der Waals surface area contributed by atoms with Gasteiger partial charge in [0.05, 0.1) is 0 Å². The first-order valence-corrected chi connectivity index (χ1v) is 10.7. The Morgan fingerprint density at radius 1 is 1.21 bits per heavy atom. The largest absolute Gasteiger partial charge is 0.381 e. The maximum absolute atomic E-state index is 12.3. The van der Waals surface area contributed by atoms with Crippen LogP contribution in [0.1, 0.15) is 38.2 Å². The van der Waals surface area contributed by atoms with E-state index in [9.17, 15) is 4.79 Å². The fourth-order valence-corrected chi connectivity index (χ4v) is 4.34. The van der Waals surface area contributed by atoms with E-state index in [1.807, 2.05) is 30.0 Å². The number of halogens is 2. The normalized spacial score (nSPS) is 18.8. The Balaban J connectivity index is 0.00000300. The second kappa shape index (κ2) is 12.0. The predicted octanol–water partition coefficient (Wildman–Crippen LogP) is 3.18. The van der Waals surface area contributed by atoms with Crippen LogP contribution in [0.15, 0.2) is 29.3 Å². The average molecular weight is 535 g/mol. The van der Waals surface area contributed by atoms with Gasteiger partial charge in [-0.1, -0.05) is 29.8 Å². The van der Waals surface area contributed by atoms with Crippen LogP contribution in [0.5, 0.6) is 0 Å². The molecule has 0 radical (unpaired) electrons. The zero-order chi connectivity index (χ0) is 19.8. The van der Waals surface area contributed by atoms with E-state index in [0.29, 0.717) is 25.7 Å². The van der Waals surface area contributed by atoms with Crippen LogP contribution in [0.2, 0.25) is 5.02 Å². The van der Waals surface area contributed by atoms with Crippen molar-refractivity contribution in [3.63, 3.8) is 0 Å². The molecule has 8 heteroatoms. The molecule has 29 heavy (non-hydrogen) atoms. The highest BCUT2D eigenvalue weighted by Gasteiger charge is 2.36. The van der Waals surface area contributed by atoms with Crippen molar-refractivity contribution < 1.29 is 9.53 Å². The molecule has 0 aromatic heterocycles. The molecule has 1 aromatic rings. The van der Waals surface area contributed by atoms with Crippen LogP contribution in [0.3, 0.4) is 0 Å². The van der Waals surface area contributed by atoms with Gasteiger partial charge in [0.15, 0.2) is 5.96 Å². The van der Waals surface area contributed by atoms with E-state index in [0.717, 1.165) is 55.9 Å². The number of rotatable bonds is 6. The van der Waals surface area contributed by atoms with Crippen LogP contribution < -0.4 is 10.6 Å². The third kappa shape index (κ3) is 6.46. The zero-order valence-electron chi connectivity index (χ0n) is 17.1. The molecule has 0 aliphatic carbocycles. The number of nitrogens with zero attached hydrogens (tertiary/aromatic N) is 2. The molecule has 2 saturated heterocycles. The van der Waals surface area contributed by atoms with Crippen LogP contribution in [0.25, 0.3) is 0 Å². The number of carbonyl (C=O) groups is 1. The number of nitrogens with one attached hydrogen (secondary N) is 2. The molecule has 1 amide bonds. The maximum atomic E-state index is 12.3. The third-order valence-electron chi connectivity index (χ3n) is 5.66. The number of carbonyl (C=O) groups excluding carboxylic acids is 1. The van der Waals surface area contributed by atoms with Gasteiger partial charge in [-0.25, -0.2) is 4.99 Å². The van der Waals surface area contributed by atoms with Crippen molar-refractivity contribution in [2.24, 2.45) is 4.99 Å². The van der Waals surface area contributed by atoms with Crippen LogP contribution in [0.4, 0.5) is 0 Å². The third-order valence-corrected chi connectivity index (χ3v) is 5.99. The molecule has 3 rings (SSSR count). The van der Waals surface area contributed by atoms with Crippen molar-refractivity contribution in [2.45, 2.75) is 38.0 Å². The minimum absolute atomic E-state index is 0. The Morgan fingerprint density at radius 3 is 2.55 bits per heavy atom. The summed E-state index contributed by atoms with van der Waals surface area (Å²) in [6, 6.07) is 8.05. The molecule has 0 atom stereocenters. The van der Waals surface area contributed by atoms with Gasteiger partial charge in [-0.3, -0.25) is 4.79 Å². The van der Waals surface area contributed by atoms with Gasteiger partial charge in [-0.15, -0.1) is 24.0 Å². The van der Waals surface area contributed by atoms with E-state index in [1.54, 1.807) is 0 Å². The molecule has 162 valence electrons. The molecule has 0 unspecified atom stereocenters. The van der Waals surface area contributed by atoms with Crippen molar-refractivity contribution in [1.82, 2.24) is 15.5 Å². The molecule has 2 fully saturated rings. The topological polar surface area (TPSA) is 66.0 Å². The fourth-order valence-electron chi connectivity index (χ4n) is 4.00. The highest BCUT2D eigenvalue weighted by Crippen LogP contribution is 2.38. The van der Waals surface area contributed by atoms with Crippen LogP contribution >= 0.6 is 35.6 Å². The van der Waals surface area contributed by atoms with Gasteiger partial charge < -0.3 is 20.3 Å². The van der Waals surface area contributed by atoms with E-state index in [4.69, 9.17) is 16.3 Å². The minimum atomic E-state index is -0.105. The number of benzene rings is 1. The van der Waals surface area contributed by atoms with E-state index in [1.165, 1.54) is 0 Å². The number of hydrogen-bond donors (Lipinski definition) is 2. The number of guanidine groups is 1. The molecule has 0 saturated carbocycles. The van der Waals surface area contributed by atoms with Gasteiger partial charge in [0, 0.05) is 49.8 Å². The molecular weight excluding hydrogens is 503 g/mol. The van der Waals surface area contributed by atoms with Gasteiger partial charge in [-0.2, -0.15) is 0 Å². The minimum Gasteiger partial charge on any atom is -0.381 e. The van der Waals surface area contributed by atoms with Crippen molar-refractivity contribution in [3.05, 3.63) is 34.9 Å². The monoisotopic (exact) mass is 534 g/mol.